The number of hydrogen-bond donors (Lipinski definition) is 1. The van der Waals surface area contributed by atoms with E-state index in [2.05, 4.69) is 61.9 Å². The molecule has 4 nitrogen and oxygen atoms in total. The maximum absolute atomic E-state index is 4.23. The predicted octanol–water partition coefficient (Wildman–Crippen LogP) is 3.42. The lowest BCUT2D eigenvalue weighted by molar-refractivity contribution is 0.376. The van der Waals surface area contributed by atoms with Crippen molar-refractivity contribution in [3.8, 4) is 11.1 Å². The van der Waals surface area contributed by atoms with Crippen molar-refractivity contribution in [1.82, 2.24) is 20.1 Å². The van der Waals surface area contributed by atoms with Crippen LogP contribution in [0.2, 0.25) is 0 Å². The standard InChI is InChI=1S/C18H20N4S/c1-13-20-21-18-8-7-16(11-22(13)18)19-10-17-9-15(12-23-17)14-5-3-2-4-6-14/h2-6,9,12,16,19H,7-8,10-11H2,1H3/t16-/m0/s1. The zero-order valence-corrected chi connectivity index (χ0v) is 14.0. The molecule has 1 aliphatic rings. The molecule has 23 heavy (non-hydrogen) atoms. The van der Waals surface area contributed by atoms with Gasteiger partial charge in [-0.05, 0) is 35.9 Å². The van der Waals surface area contributed by atoms with Crippen LogP contribution in [0.1, 0.15) is 22.9 Å². The van der Waals surface area contributed by atoms with Gasteiger partial charge in [0.05, 0.1) is 0 Å². The number of thiophene rings is 1. The highest BCUT2D eigenvalue weighted by atomic mass is 32.1. The summed E-state index contributed by atoms with van der Waals surface area (Å²) in [6.07, 6.45) is 2.15. The molecule has 3 heterocycles. The van der Waals surface area contributed by atoms with Crippen molar-refractivity contribution in [3.05, 3.63) is 58.3 Å². The number of aryl methyl sites for hydroxylation is 2. The number of benzene rings is 1. The number of hydrogen-bond acceptors (Lipinski definition) is 4. The van der Waals surface area contributed by atoms with Crippen molar-refractivity contribution in [1.29, 1.82) is 0 Å². The summed E-state index contributed by atoms with van der Waals surface area (Å²) in [5.41, 5.74) is 2.60. The van der Waals surface area contributed by atoms with Gasteiger partial charge in [0.25, 0.3) is 0 Å². The normalized spacial score (nSPS) is 17.2. The summed E-state index contributed by atoms with van der Waals surface area (Å²) < 4.78 is 2.24. The van der Waals surface area contributed by atoms with E-state index < -0.39 is 0 Å². The molecule has 118 valence electrons. The third-order valence-electron chi connectivity index (χ3n) is 4.46. The molecule has 1 N–H and O–H groups in total. The van der Waals surface area contributed by atoms with Crippen LogP contribution in [0.4, 0.5) is 0 Å². The first-order valence-corrected chi connectivity index (χ1v) is 8.92. The van der Waals surface area contributed by atoms with Gasteiger partial charge in [-0.25, -0.2) is 0 Å². The second kappa shape index (κ2) is 6.26. The van der Waals surface area contributed by atoms with Gasteiger partial charge in [-0.2, -0.15) is 0 Å². The highest BCUT2D eigenvalue weighted by Gasteiger charge is 2.21. The average molecular weight is 324 g/mol. The third-order valence-corrected chi connectivity index (χ3v) is 5.39. The summed E-state index contributed by atoms with van der Waals surface area (Å²) in [7, 11) is 0. The Labute approximate surface area is 140 Å². The van der Waals surface area contributed by atoms with E-state index in [4.69, 9.17) is 0 Å². The highest BCUT2D eigenvalue weighted by Crippen LogP contribution is 2.25. The fourth-order valence-corrected chi connectivity index (χ4v) is 3.97. The van der Waals surface area contributed by atoms with E-state index in [9.17, 15) is 0 Å². The van der Waals surface area contributed by atoms with Gasteiger partial charge in [-0.15, -0.1) is 21.5 Å². The van der Waals surface area contributed by atoms with Gasteiger partial charge in [-0.1, -0.05) is 30.3 Å². The molecule has 0 spiro atoms. The molecule has 5 heteroatoms. The van der Waals surface area contributed by atoms with E-state index in [1.807, 2.05) is 18.3 Å². The molecule has 0 bridgehead atoms. The first kappa shape index (κ1) is 14.6. The molecule has 3 aromatic rings. The molecule has 0 saturated heterocycles. The fourth-order valence-electron chi connectivity index (χ4n) is 3.13. The number of rotatable bonds is 4. The van der Waals surface area contributed by atoms with Gasteiger partial charge in [0.2, 0.25) is 0 Å². The summed E-state index contributed by atoms with van der Waals surface area (Å²) in [5, 5.41) is 14.3. The van der Waals surface area contributed by atoms with Crippen LogP contribution in [0, 0.1) is 6.92 Å². The molecule has 0 aliphatic carbocycles. The largest absolute Gasteiger partial charge is 0.314 e. The molecule has 0 fully saturated rings. The van der Waals surface area contributed by atoms with E-state index in [1.54, 1.807) is 0 Å². The second-order valence-corrected chi connectivity index (χ2v) is 7.05. The van der Waals surface area contributed by atoms with E-state index in [0.717, 1.165) is 37.6 Å². The summed E-state index contributed by atoms with van der Waals surface area (Å²) >= 11 is 1.83. The minimum absolute atomic E-state index is 0.500. The Kier molecular flexibility index (Phi) is 3.97. The lowest BCUT2D eigenvalue weighted by Gasteiger charge is -2.24. The van der Waals surface area contributed by atoms with Crippen LogP contribution in [-0.4, -0.2) is 20.8 Å². The molecule has 4 rings (SSSR count). The van der Waals surface area contributed by atoms with E-state index >= 15 is 0 Å². The number of fused-ring (bicyclic) bond motifs is 1. The van der Waals surface area contributed by atoms with E-state index in [1.165, 1.54) is 16.0 Å². The molecule has 0 saturated carbocycles. The SMILES string of the molecule is Cc1nnc2n1C[C@@H](NCc1cc(-c3ccccc3)cs1)CC2. The fraction of sp³-hybridized carbons (Fsp3) is 0.333. The van der Waals surface area contributed by atoms with Gasteiger partial charge < -0.3 is 9.88 Å². The quantitative estimate of drug-likeness (QED) is 0.799. The Bertz CT molecular complexity index is 790. The zero-order valence-electron chi connectivity index (χ0n) is 13.2. The molecule has 1 atom stereocenters. The van der Waals surface area contributed by atoms with E-state index in [-0.39, 0.29) is 0 Å². The monoisotopic (exact) mass is 324 g/mol. The molecule has 2 aromatic heterocycles. The molecule has 0 unspecified atom stereocenters. The number of nitrogens with one attached hydrogen (secondary N) is 1. The number of aromatic nitrogens is 3. The Morgan fingerprint density at radius 1 is 1.22 bits per heavy atom. The minimum Gasteiger partial charge on any atom is -0.314 e. The van der Waals surface area contributed by atoms with Crippen molar-refractivity contribution in [2.75, 3.05) is 0 Å². The average Bonchev–Trinajstić information content (AvgIpc) is 3.21. The summed E-state index contributed by atoms with van der Waals surface area (Å²) in [5.74, 6) is 2.15. The van der Waals surface area contributed by atoms with Crippen molar-refractivity contribution in [2.24, 2.45) is 0 Å². The molecule has 1 aromatic carbocycles. The smallest absolute Gasteiger partial charge is 0.133 e. The van der Waals surface area contributed by atoms with E-state index in [0.29, 0.717) is 6.04 Å². The third kappa shape index (κ3) is 3.07. The predicted molar refractivity (Wildman–Crippen MR) is 93.5 cm³/mol. The minimum atomic E-state index is 0.500. The van der Waals surface area contributed by atoms with Crippen LogP contribution in [0.15, 0.2) is 41.8 Å². The molecule has 1 aliphatic heterocycles. The Balaban J connectivity index is 1.39. The van der Waals surface area contributed by atoms with Crippen molar-refractivity contribution in [3.63, 3.8) is 0 Å². The zero-order chi connectivity index (χ0) is 15.6. The number of nitrogens with zero attached hydrogens (tertiary/aromatic N) is 3. The van der Waals surface area contributed by atoms with Gasteiger partial charge in [0.1, 0.15) is 11.6 Å². The van der Waals surface area contributed by atoms with Crippen LogP contribution in [0.5, 0.6) is 0 Å². The van der Waals surface area contributed by atoms with Gasteiger partial charge in [0.15, 0.2) is 0 Å². The highest BCUT2D eigenvalue weighted by molar-refractivity contribution is 7.10. The molecular weight excluding hydrogens is 304 g/mol. The van der Waals surface area contributed by atoms with Crippen molar-refractivity contribution in [2.45, 2.75) is 38.9 Å². The molecule has 0 radical (unpaired) electrons. The Morgan fingerprint density at radius 2 is 2.09 bits per heavy atom. The molecule has 0 amide bonds. The van der Waals surface area contributed by atoms with Crippen molar-refractivity contribution < 1.29 is 0 Å². The maximum atomic E-state index is 4.23. The topological polar surface area (TPSA) is 42.7 Å². The first-order valence-electron chi connectivity index (χ1n) is 8.04. The maximum Gasteiger partial charge on any atom is 0.133 e. The lowest BCUT2D eigenvalue weighted by atomic mass is 10.1. The second-order valence-electron chi connectivity index (χ2n) is 6.06. The van der Waals surface area contributed by atoms with Gasteiger partial charge in [0, 0.05) is 30.4 Å². The van der Waals surface area contributed by atoms with Crippen LogP contribution in [0.3, 0.4) is 0 Å². The summed E-state index contributed by atoms with van der Waals surface area (Å²) in [6.45, 7) is 3.94. The Hall–Kier alpha value is -1.98. The Morgan fingerprint density at radius 3 is 2.96 bits per heavy atom. The van der Waals surface area contributed by atoms with Crippen LogP contribution in [0.25, 0.3) is 11.1 Å². The molecular formula is C18H20N4S. The van der Waals surface area contributed by atoms with Crippen LogP contribution >= 0.6 is 11.3 Å². The van der Waals surface area contributed by atoms with Gasteiger partial charge >= 0.3 is 0 Å². The lowest BCUT2D eigenvalue weighted by Crippen LogP contribution is -2.37. The first-order chi connectivity index (χ1) is 11.3. The van der Waals surface area contributed by atoms with Crippen molar-refractivity contribution >= 4 is 11.3 Å². The summed E-state index contributed by atoms with van der Waals surface area (Å²) in [4.78, 5) is 1.38. The summed E-state index contributed by atoms with van der Waals surface area (Å²) in [6, 6.07) is 13.4. The van der Waals surface area contributed by atoms with Crippen LogP contribution in [-0.2, 0) is 19.5 Å². The van der Waals surface area contributed by atoms with Crippen LogP contribution < -0.4 is 5.32 Å². The van der Waals surface area contributed by atoms with Gasteiger partial charge in [-0.3, -0.25) is 0 Å².